The fourth-order valence-electron chi connectivity index (χ4n) is 2.82. The minimum Gasteiger partial charge on any atom is -0.393 e. The molecule has 5 heteroatoms. The highest BCUT2D eigenvalue weighted by atomic mass is 32.1. The largest absolute Gasteiger partial charge is 0.393 e. The maximum Gasteiger partial charge on any atom is 0.223 e. The zero-order valence-corrected chi connectivity index (χ0v) is 13.2. The zero-order valence-electron chi connectivity index (χ0n) is 12.4. The van der Waals surface area contributed by atoms with Gasteiger partial charge in [0.15, 0.2) is 0 Å². The number of likely N-dealkylation sites (tertiary alicyclic amines) is 1. The SMILES string of the molecule is CC1CC(C)CN(CCC(=O)N(C)CCC(N)=S)C1. The van der Waals surface area contributed by atoms with Gasteiger partial charge in [-0.25, -0.2) is 0 Å². The van der Waals surface area contributed by atoms with E-state index in [-0.39, 0.29) is 5.91 Å². The summed E-state index contributed by atoms with van der Waals surface area (Å²) < 4.78 is 0. The first-order valence-electron chi connectivity index (χ1n) is 7.13. The Morgan fingerprint density at radius 3 is 2.42 bits per heavy atom. The van der Waals surface area contributed by atoms with Gasteiger partial charge in [0.2, 0.25) is 5.91 Å². The molecule has 1 rings (SSSR count). The molecule has 1 aliphatic rings. The van der Waals surface area contributed by atoms with Gasteiger partial charge in [0.05, 0.1) is 4.99 Å². The van der Waals surface area contributed by atoms with Crippen LogP contribution in [0, 0.1) is 11.8 Å². The number of nitrogens with zero attached hydrogens (tertiary/aromatic N) is 2. The molecule has 0 aromatic heterocycles. The molecule has 19 heavy (non-hydrogen) atoms. The number of carbonyl (C=O) groups is 1. The van der Waals surface area contributed by atoms with Gasteiger partial charge < -0.3 is 15.5 Å². The number of rotatable bonds is 6. The standard InChI is InChI=1S/C14H27N3OS/c1-11-8-12(2)10-17(9-11)7-5-14(18)16(3)6-4-13(15)19/h11-12H,4-10H2,1-3H3,(H2,15,19). The number of nitrogens with two attached hydrogens (primary N) is 1. The van der Waals surface area contributed by atoms with E-state index in [1.165, 1.54) is 6.42 Å². The van der Waals surface area contributed by atoms with Crippen molar-refractivity contribution in [3.63, 3.8) is 0 Å². The molecule has 0 bridgehead atoms. The van der Waals surface area contributed by atoms with E-state index in [4.69, 9.17) is 18.0 Å². The van der Waals surface area contributed by atoms with Crippen LogP contribution < -0.4 is 5.73 Å². The van der Waals surface area contributed by atoms with Gasteiger partial charge in [0, 0.05) is 46.1 Å². The van der Waals surface area contributed by atoms with Crippen molar-refractivity contribution in [1.29, 1.82) is 0 Å². The van der Waals surface area contributed by atoms with E-state index >= 15 is 0 Å². The van der Waals surface area contributed by atoms with Crippen LogP contribution in [-0.2, 0) is 4.79 Å². The van der Waals surface area contributed by atoms with Gasteiger partial charge in [0.1, 0.15) is 0 Å². The van der Waals surface area contributed by atoms with E-state index in [0.717, 1.165) is 31.5 Å². The Balaban J connectivity index is 2.27. The Labute approximate surface area is 122 Å². The number of hydrogen-bond acceptors (Lipinski definition) is 3. The van der Waals surface area contributed by atoms with E-state index < -0.39 is 0 Å². The van der Waals surface area contributed by atoms with Crippen LogP contribution in [0.15, 0.2) is 0 Å². The van der Waals surface area contributed by atoms with Crippen molar-refractivity contribution in [2.75, 3.05) is 33.2 Å². The predicted molar refractivity (Wildman–Crippen MR) is 83.0 cm³/mol. The molecule has 2 N–H and O–H groups in total. The minimum absolute atomic E-state index is 0.183. The third-order valence-corrected chi connectivity index (χ3v) is 3.91. The van der Waals surface area contributed by atoms with Crippen LogP contribution in [0.2, 0.25) is 0 Å². The number of hydrogen-bond donors (Lipinski definition) is 1. The average Bonchev–Trinajstić information content (AvgIpc) is 2.31. The van der Waals surface area contributed by atoms with Crippen LogP contribution in [0.4, 0.5) is 0 Å². The molecule has 0 radical (unpaired) electrons. The van der Waals surface area contributed by atoms with Crippen molar-refractivity contribution in [2.45, 2.75) is 33.1 Å². The van der Waals surface area contributed by atoms with E-state index in [0.29, 0.717) is 24.4 Å². The van der Waals surface area contributed by atoms with Gasteiger partial charge in [-0.15, -0.1) is 0 Å². The van der Waals surface area contributed by atoms with Crippen molar-refractivity contribution in [3.05, 3.63) is 0 Å². The quantitative estimate of drug-likeness (QED) is 0.751. The van der Waals surface area contributed by atoms with Crippen molar-refractivity contribution in [3.8, 4) is 0 Å². The summed E-state index contributed by atoms with van der Waals surface area (Å²) in [5, 5.41) is 0. The summed E-state index contributed by atoms with van der Waals surface area (Å²) in [7, 11) is 1.82. The van der Waals surface area contributed by atoms with E-state index in [1.807, 2.05) is 7.05 Å². The molecule has 1 amide bonds. The Morgan fingerprint density at radius 1 is 1.32 bits per heavy atom. The summed E-state index contributed by atoms with van der Waals surface area (Å²) >= 11 is 4.83. The van der Waals surface area contributed by atoms with Gasteiger partial charge in [-0.2, -0.15) is 0 Å². The molecule has 2 atom stereocenters. The maximum absolute atomic E-state index is 12.0. The van der Waals surface area contributed by atoms with Crippen LogP contribution in [0.3, 0.4) is 0 Å². The minimum atomic E-state index is 0.183. The highest BCUT2D eigenvalue weighted by Gasteiger charge is 2.22. The van der Waals surface area contributed by atoms with E-state index in [2.05, 4.69) is 18.7 Å². The van der Waals surface area contributed by atoms with Crippen LogP contribution >= 0.6 is 12.2 Å². The van der Waals surface area contributed by atoms with Crippen LogP contribution in [0.25, 0.3) is 0 Å². The topological polar surface area (TPSA) is 49.6 Å². The summed E-state index contributed by atoms with van der Waals surface area (Å²) in [5.74, 6) is 1.67. The van der Waals surface area contributed by atoms with Gasteiger partial charge in [-0.1, -0.05) is 26.1 Å². The number of piperidine rings is 1. The molecule has 0 aromatic rings. The first kappa shape index (κ1) is 16.4. The van der Waals surface area contributed by atoms with Gasteiger partial charge in [-0.3, -0.25) is 4.79 Å². The highest BCUT2D eigenvalue weighted by molar-refractivity contribution is 7.80. The fraction of sp³-hybridized carbons (Fsp3) is 0.857. The molecule has 1 aliphatic heterocycles. The van der Waals surface area contributed by atoms with Crippen LogP contribution in [0.5, 0.6) is 0 Å². The molecule has 0 saturated carbocycles. The van der Waals surface area contributed by atoms with Crippen LogP contribution in [-0.4, -0.2) is 53.9 Å². The molecule has 4 nitrogen and oxygen atoms in total. The third kappa shape index (κ3) is 6.34. The molecule has 0 aliphatic carbocycles. The molecular weight excluding hydrogens is 258 g/mol. The number of amides is 1. The molecule has 0 spiro atoms. The zero-order chi connectivity index (χ0) is 14.4. The summed E-state index contributed by atoms with van der Waals surface area (Å²) in [6, 6.07) is 0. The first-order chi connectivity index (χ1) is 8.88. The predicted octanol–water partition coefficient (Wildman–Crippen LogP) is 1.49. The third-order valence-electron chi connectivity index (χ3n) is 3.71. The van der Waals surface area contributed by atoms with Gasteiger partial charge in [0.25, 0.3) is 0 Å². The lowest BCUT2D eigenvalue weighted by Gasteiger charge is -2.35. The summed E-state index contributed by atoms with van der Waals surface area (Å²) in [4.78, 5) is 16.6. The number of carbonyl (C=O) groups excluding carboxylic acids is 1. The highest BCUT2D eigenvalue weighted by Crippen LogP contribution is 2.20. The molecular formula is C14H27N3OS. The maximum atomic E-state index is 12.0. The van der Waals surface area contributed by atoms with E-state index in [9.17, 15) is 4.79 Å². The second kappa shape index (κ2) is 7.80. The smallest absolute Gasteiger partial charge is 0.223 e. The lowest BCUT2D eigenvalue weighted by molar-refractivity contribution is -0.130. The molecule has 0 aromatic carbocycles. The van der Waals surface area contributed by atoms with E-state index in [1.54, 1.807) is 4.90 Å². The molecule has 1 fully saturated rings. The molecule has 1 heterocycles. The number of thiocarbonyl (C=S) groups is 1. The van der Waals surface area contributed by atoms with Crippen LogP contribution in [0.1, 0.15) is 33.1 Å². The van der Waals surface area contributed by atoms with Crippen molar-refractivity contribution in [2.24, 2.45) is 17.6 Å². The average molecular weight is 285 g/mol. The van der Waals surface area contributed by atoms with Crippen molar-refractivity contribution >= 4 is 23.1 Å². The summed E-state index contributed by atoms with van der Waals surface area (Å²) in [6.07, 6.45) is 2.50. The molecule has 1 saturated heterocycles. The summed E-state index contributed by atoms with van der Waals surface area (Å²) in [5.41, 5.74) is 5.45. The Kier molecular flexibility index (Phi) is 6.72. The first-order valence-corrected chi connectivity index (χ1v) is 7.54. The Hall–Kier alpha value is -0.680. The monoisotopic (exact) mass is 285 g/mol. The van der Waals surface area contributed by atoms with Crippen molar-refractivity contribution in [1.82, 2.24) is 9.80 Å². The second-order valence-corrected chi connectivity index (χ2v) is 6.51. The van der Waals surface area contributed by atoms with Gasteiger partial charge in [-0.05, 0) is 18.3 Å². The summed E-state index contributed by atoms with van der Waals surface area (Å²) in [6.45, 7) is 8.31. The van der Waals surface area contributed by atoms with Crippen molar-refractivity contribution < 1.29 is 4.79 Å². The fourth-order valence-corrected chi connectivity index (χ4v) is 2.91. The van der Waals surface area contributed by atoms with Gasteiger partial charge >= 0.3 is 0 Å². The Morgan fingerprint density at radius 2 is 1.89 bits per heavy atom. The Bertz CT molecular complexity index is 312. The lowest BCUT2D eigenvalue weighted by atomic mass is 9.92. The lowest BCUT2D eigenvalue weighted by Crippen LogP contribution is -2.41. The molecule has 2 unspecified atom stereocenters. The molecule has 110 valence electrons. The second-order valence-electron chi connectivity index (χ2n) is 5.99. The normalized spacial score (nSPS) is 24.2.